The number of imide groups is 1. The van der Waals surface area contributed by atoms with Crippen LogP contribution >= 0.6 is 11.8 Å². The molecule has 2 N–H and O–H groups in total. The van der Waals surface area contributed by atoms with Gasteiger partial charge in [0.2, 0.25) is 5.91 Å². The summed E-state index contributed by atoms with van der Waals surface area (Å²) in [6.45, 7) is 0. The zero-order valence-electron chi connectivity index (χ0n) is 15.6. The first-order chi connectivity index (χ1) is 13.7. The van der Waals surface area contributed by atoms with Gasteiger partial charge in [0.15, 0.2) is 11.0 Å². The van der Waals surface area contributed by atoms with Crippen molar-refractivity contribution in [1.82, 2.24) is 30.4 Å². The minimum Gasteiger partial charge on any atom is -0.335 e. The Morgan fingerprint density at radius 3 is 2.68 bits per heavy atom. The van der Waals surface area contributed by atoms with Crippen LogP contribution in [0.4, 0.5) is 4.79 Å². The quantitative estimate of drug-likeness (QED) is 0.723. The second kappa shape index (κ2) is 8.72. The van der Waals surface area contributed by atoms with Crippen LogP contribution in [0.15, 0.2) is 29.7 Å². The minimum absolute atomic E-state index is 0.121. The third-order valence-corrected chi connectivity index (χ3v) is 5.97. The van der Waals surface area contributed by atoms with Gasteiger partial charge in [0.05, 0.1) is 5.75 Å². The second-order valence-electron chi connectivity index (χ2n) is 7.29. The van der Waals surface area contributed by atoms with Gasteiger partial charge in [-0.25, -0.2) is 4.79 Å². The average molecular weight is 401 g/mol. The lowest BCUT2D eigenvalue weighted by atomic mass is 9.96. The normalized spacial score (nSPS) is 17.3. The number of pyridine rings is 1. The molecule has 8 nitrogen and oxygen atoms in total. The Labute approximate surface area is 167 Å². The van der Waals surface area contributed by atoms with Crippen LogP contribution in [0.5, 0.6) is 0 Å². The molecule has 28 heavy (non-hydrogen) atoms. The molecular weight excluding hydrogens is 376 g/mol. The number of hydrogen-bond donors (Lipinski definition) is 2. The monoisotopic (exact) mass is 400 g/mol. The Morgan fingerprint density at radius 2 is 1.96 bits per heavy atom. The molecule has 2 aromatic heterocycles. The van der Waals surface area contributed by atoms with Gasteiger partial charge in [0.1, 0.15) is 0 Å². The van der Waals surface area contributed by atoms with Crippen LogP contribution < -0.4 is 10.6 Å². The molecule has 0 spiro atoms. The Bertz CT molecular complexity index is 830. The third kappa shape index (κ3) is 4.70. The maximum atomic E-state index is 12.2. The lowest BCUT2D eigenvalue weighted by Crippen LogP contribution is -2.45. The van der Waals surface area contributed by atoms with E-state index in [1.807, 2.05) is 12.1 Å². The molecule has 0 saturated heterocycles. The van der Waals surface area contributed by atoms with Gasteiger partial charge in [-0.1, -0.05) is 31.0 Å². The Balaban J connectivity index is 1.34. The molecule has 2 aromatic rings. The highest BCUT2D eigenvalue weighted by atomic mass is 32.2. The number of amides is 3. The van der Waals surface area contributed by atoms with E-state index in [0.717, 1.165) is 49.9 Å². The molecular formula is C19H24N6O2S. The maximum Gasteiger partial charge on any atom is 0.321 e. The van der Waals surface area contributed by atoms with Crippen molar-refractivity contribution in [1.29, 1.82) is 0 Å². The number of hydrogen-bond acceptors (Lipinski definition) is 6. The zero-order chi connectivity index (χ0) is 19.3. The van der Waals surface area contributed by atoms with E-state index >= 15 is 0 Å². The number of rotatable bonds is 6. The van der Waals surface area contributed by atoms with Gasteiger partial charge in [-0.15, -0.1) is 10.2 Å². The molecule has 0 radical (unpaired) electrons. The molecule has 2 aliphatic carbocycles. The van der Waals surface area contributed by atoms with Gasteiger partial charge in [-0.2, -0.15) is 0 Å². The lowest BCUT2D eigenvalue weighted by molar-refractivity contribution is -0.117. The molecule has 3 amide bonds. The van der Waals surface area contributed by atoms with Crippen molar-refractivity contribution in [2.45, 2.75) is 62.2 Å². The summed E-state index contributed by atoms with van der Waals surface area (Å²) in [4.78, 5) is 28.3. The number of nitrogens with one attached hydrogen (secondary N) is 2. The molecule has 0 bridgehead atoms. The zero-order valence-corrected chi connectivity index (χ0v) is 16.5. The fourth-order valence-electron chi connectivity index (χ4n) is 3.49. The number of nitrogens with zero attached hydrogens (tertiary/aromatic N) is 4. The topological polar surface area (TPSA) is 102 Å². The maximum absolute atomic E-state index is 12.2. The summed E-state index contributed by atoms with van der Waals surface area (Å²) in [5.74, 6) is 0.566. The predicted molar refractivity (Wildman–Crippen MR) is 106 cm³/mol. The molecule has 148 valence electrons. The first kappa shape index (κ1) is 18.9. The van der Waals surface area contributed by atoms with E-state index in [1.54, 1.807) is 12.4 Å². The highest BCUT2D eigenvalue weighted by Crippen LogP contribution is 2.40. The van der Waals surface area contributed by atoms with Crippen LogP contribution in [0.1, 0.15) is 51.0 Å². The van der Waals surface area contributed by atoms with Gasteiger partial charge in [-0.3, -0.25) is 19.7 Å². The first-order valence-electron chi connectivity index (χ1n) is 9.79. The van der Waals surface area contributed by atoms with Crippen LogP contribution in [0.2, 0.25) is 0 Å². The summed E-state index contributed by atoms with van der Waals surface area (Å²) < 4.78 is 2.08. The number of aromatic nitrogens is 4. The molecule has 0 unspecified atom stereocenters. The molecule has 0 atom stereocenters. The fourth-order valence-corrected chi connectivity index (χ4v) is 4.30. The van der Waals surface area contributed by atoms with Crippen molar-refractivity contribution >= 4 is 23.7 Å². The first-order valence-corrected chi connectivity index (χ1v) is 10.8. The van der Waals surface area contributed by atoms with Crippen molar-refractivity contribution in [3.8, 4) is 11.4 Å². The summed E-state index contributed by atoms with van der Waals surface area (Å²) in [6, 6.07) is 3.95. The summed E-state index contributed by atoms with van der Waals surface area (Å²) in [6.07, 6.45) is 11.1. The van der Waals surface area contributed by atoms with Gasteiger partial charge in [-0.05, 0) is 37.8 Å². The van der Waals surface area contributed by atoms with Crippen LogP contribution in [0.25, 0.3) is 11.4 Å². The Morgan fingerprint density at radius 1 is 1.14 bits per heavy atom. The van der Waals surface area contributed by atoms with Gasteiger partial charge in [0.25, 0.3) is 0 Å². The van der Waals surface area contributed by atoms with E-state index in [9.17, 15) is 9.59 Å². The summed E-state index contributed by atoms with van der Waals surface area (Å²) >= 11 is 1.30. The van der Waals surface area contributed by atoms with E-state index in [0.29, 0.717) is 11.2 Å². The third-order valence-electron chi connectivity index (χ3n) is 5.02. The Kier molecular flexibility index (Phi) is 5.90. The van der Waals surface area contributed by atoms with Gasteiger partial charge in [0, 0.05) is 30.0 Å². The van der Waals surface area contributed by atoms with Crippen LogP contribution in [0.3, 0.4) is 0 Å². The molecule has 2 aliphatic rings. The van der Waals surface area contributed by atoms with E-state index in [4.69, 9.17) is 0 Å². The smallest absolute Gasteiger partial charge is 0.321 e. The Hall–Kier alpha value is -2.42. The summed E-state index contributed by atoms with van der Waals surface area (Å²) in [5, 5.41) is 14.6. The van der Waals surface area contributed by atoms with Crippen molar-refractivity contribution in [2.75, 3.05) is 5.75 Å². The van der Waals surface area contributed by atoms with E-state index in [1.165, 1.54) is 18.2 Å². The SMILES string of the molecule is O=C(CSc1nnc(-c2cccnc2)n1C1CC1)NC(=O)NC1CCCCC1. The molecule has 4 rings (SSSR count). The van der Waals surface area contributed by atoms with E-state index in [-0.39, 0.29) is 17.7 Å². The van der Waals surface area contributed by atoms with E-state index < -0.39 is 6.03 Å². The summed E-state index contributed by atoms with van der Waals surface area (Å²) in [5.41, 5.74) is 0.907. The second-order valence-corrected chi connectivity index (χ2v) is 8.24. The molecule has 2 fully saturated rings. The van der Waals surface area contributed by atoms with Crippen molar-refractivity contribution in [3.63, 3.8) is 0 Å². The summed E-state index contributed by atoms with van der Waals surface area (Å²) in [7, 11) is 0. The average Bonchev–Trinajstić information content (AvgIpc) is 3.46. The highest BCUT2D eigenvalue weighted by molar-refractivity contribution is 7.99. The predicted octanol–water partition coefficient (Wildman–Crippen LogP) is 2.93. The van der Waals surface area contributed by atoms with E-state index in [2.05, 4.69) is 30.4 Å². The molecule has 0 aromatic carbocycles. The minimum atomic E-state index is -0.405. The number of carbonyl (C=O) groups excluding carboxylic acids is 2. The fraction of sp³-hybridized carbons (Fsp3) is 0.526. The van der Waals surface area contributed by atoms with Crippen LogP contribution in [-0.2, 0) is 4.79 Å². The van der Waals surface area contributed by atoms with Crippen molar-refractivity contribution in [2.24, 2.45) is 0 Å². The molecule has 2 heterocycles. The molecule has 9 heteroatoms. The number of thioether (sulfide) groups is 1. The standard InChI is InChI=1S/C19H24N6O2S/c26-16(22-18(27)21-14-6-2-1-3-7-14)12-28-19-24-23-17(25(19)15-8-9-15)13-5-4-10-20-11-13/h4-5,10-11,14-15H,1-3,6-9,12H2,(H2,21,22,26,27). The lowest BCUT2D eigenvalue weighted by Gasteiger charge is -2.22. The van der Waals surface area contributed by atoms with Crippen LogP contribution in [0, 0.1) is 0 Å². The van der Waals surface area contributed by atoms with Gasteiger partial charge < -0.3 is 5.32 Å². The molecule has 0 aliphatic heterocycles. The largest absolute Gasteiger partial charge is 0.335 e. The highest BCUT2D eigenvalue weighted by Gasteiger charge is 2.30. The van der Waals surface area contributed by atoms with Crippen LogP contribution in [-0.4, -0.2) is 43.5 Å². The molecule has 2 saturated carbocycles. The van der Waals surface area contributed by atoms with Crippen molar-refractivity contribution < 1.29 is 9.59 Å². The van der Waals surface area contributed by atoms with Gasteiger partial charge >= 0.3 is 6.03 Å². The number of urea groups is 1. The van der Waals surface area contributed by atoms with Crippen molar-refractivity contribution in [3.05, 3.63) is 24.5 Å². The number of carbonyl (C=O) groups is 2.